The molecule has 0 radical (unpaired) electrons. The van der Waals surface area contributed by atoms with Crippen molar-refractivity contribution >= 4 is 23.3 Å². The van der Waals surface area contributed by atoms with E-state index in [4.69, 9.17) is 0 Å². The second kappa shape index (κ2) is 10.4. The number of benzene rings is 2. The normalized spacial score (nSPS) is 14.9. The molecule has 0 saturated carbocycles. The van der Waals surface area contributed by atoms with Crippen LogP contribution in [-0.2, 0) is 9.59 Å². The van der Waals surface area contributed by atoms with Crippen LogP contribution in [-0.4, -0.2) is 48.7 Å². The third-order valence-electron chi connectivity index (χ3n) is 5.57. The molecule has 7 heteroatoms. The summed E-state index contributed by atoms with van der Waals surface area (Å²) in [5.41, 5.74) is 1.50. The van der Waals surface area contributed by atoms with E-state index in [1.54, 1.807) is 17.0 Å². The number of hydrogen-bond donors (Lipinski definition) is 1. The Balaban J connectivity index is 1.70. The van der Waals surface area contributed by atoms with Crippen molar-refractivity contribution in [3.05, 3.63) is 65.5 Å². The number of carbonyl (C=O) groups excluding carboxylic acids is 3. The molecule has 1 fully saturated rings. The van der Waals surface area contributed by atoms with Crippen molar-refractivity contribution in [3.63, 3.8) is 0 Å². The fourth-order valence-corrected chi connectivity index (χ4v) is 3.86. The SMILES string of the molecule is CC(=O)c1ccc(N2CCN(C(=O)C(NC(=O)CC(C)C)c3ccccc3)CC2)c(F)c1. The zero-order valence-corrected chi connectivity index (χ0v) is 18.8. The lowest BCUT2D eigenvalue weighted by Crippen LogP contribution is -2.52. The number of nitrogens with zero attached hydrogens (tertiary/aromatic N) is 2. The van der Waals surface area contributed by atoms with E-state index in [2.05, 4.69) is 5.32 Å². The first-order valence-electron chi connectivity index (χ1n) is 10.9. The predicted molar refractivity (Wildman–Crippen MR) is 122 cm³/mol. The number of rotatable bonds is 7. The van der Waals surface area contributed by atoms with Crippen LogP contribution in [0.2, 0.25) is 0 Å². The Bertz CT molecular complexity index is 970. The maximum atomic E-state index is 14.5. The predicted octanol–water partition coefficient (Wildman–Crippen LogP) is 3.58. The lowest BCUT2D eigenvalue weighted by Gasteiger charge is -2.38. The number of hydrogen-bond acceptors (Lipinski definition) is 4. The maximum Gasteiger partial charge on any atom is 0.249 e. The molecule has 6 nitrogen and oxygen atoms in total. The average molecular weight is 440 g/mol. The number of halogens is 1. The van der Waals surface area contributed by atoms with Crippen LogP contribution in [0.15, 0.2) is 48.5 Å². The summed E-state index contributed by atoms with van der Waals surface area (Å²) in [7, 11) is 0. The lowest BCUT2D eigenvalue weighted by atomic mass is 10.0. The van der Waals surface area contributed by atoms with E-state index in [-0.39, 0.29) is 23.5 Å². The first-order valence-corrected chi connectivity index (χ1v) is 10.9. The van der Waals surface area contributed by atoms with Gasteiger partial charge in [0.25, 0.3) is 0 Å². The van der Waals surface area contributed by atoms with Gasteiger partial charge in [0, 0.05) is 38.2 Å². The fourth-order valence-electron chi connectivity index (χ4n) is 3.86. The Morgan fingerprint density at radius 1 is 1.00 bits per heavy atom. The molecule has 2 aromatic carbocycles. The number of nitrogens with one attached hydrogen (secondary N) is 1. The van der Waals surface area contributed by atoms with E-state index in [9.17, 15) is 18.8 Å². The van der Waals surface area contributed by atoms with Crippen molar-refractivity contribution in [1.82, 2.24) is 10.2 Å². The number of carbonyl (C=O) groups is 3. The zero-order chi connectivity index (χ0) is 23.3. The number of amides is 2. The second-order valence-electron chi connectivity index (χ2n) is 8.54. The third kappa shape index (κ3) is 5.72. The van der Waals surface area contributed by atoms with E-state index in [1.165, 1.54) is 13.0 Å². The molecule has 2 amide bonds. The number of ketones is 1. The van der Waals surface area contributed by atoms with Crippen LogP contribution >= 0.6 is 0 Å². The van der Waals surface area contributed by atoms with E-state index in [0.29, 0.717) is 43.9 Å². The molecule has 0 aromatic heterocycles. The van der Waals surface area contributed by atoms with Crippen LogP contribution in [0.3, 0.4) is 0 Å². The van der Waals surface area contributed by atoms with E-state index < -0.39 is 11.9 Å². The Morgan fingerprint density at radius 3 is 2.22 bits per heavy atom. The van der Waals surface area contributed by atoms with Gasteiger partial charge in [0.1, 0.15) is 11.9 Å². The highest BCUT2D eigenvalue weighted by Gasteiger charge is 2.30. The summed E-state index contributed by atoms with van der Waals surface area (Å²) in [6, 6.07) is 13.0. The smallest absolute Gasteiger partial charge is 0.249 e. The second-order valence-corrected chi connectivity index (χ2v) is 8.54. The minimum Gasteiger partial charge on any atom is -0.366 e. The Hall–Kier alpha value is -3.22. The van der Waals surface area contributed by atoms with Crippen molar-refractivity contribution in [2.24, 2.45) is 5.92 Å². The summed E-state index contributed by atoms with van der Waals surface area (Å²) in [6.45, 7) is 7.07. The Morgan fingerprint density at radius 2 is 1.66 bits per heavy atom. The molecule has 1 heterocycles. The fraction of sp³-hybridized carbons (Fsp3) is 0.400. The molecule has 1 aliphatic rings. The third-order valence-corrected chi connectivity index (χ3v) is 5.57. The topological polar surface area (TPSA) is 69.7 Å². The summed E-state index contributed by atoms with van der Waals surface area (Å²) in [5, 5.41) is 2.89. The standard InChI is InChI=1S/C25H30FN3O3/c1-17(2)15-23(31)27-24(19-7-5-4-6-8-19)25(32)29-13-11-28(12-14-29)22-10-9-20(18(3)30)16-21(22)26/h4-10,16-17,24H,11-15H2,1-3H3,(H,27,31). The van der Waals surface area contributed by atoms with Crippen molar-refractivity contribution in [1.29, 1.82) is 0 Å². The zero-order valence-electron chi connectivity index (χ0n) is 18.8. The molecule has 0 bridgehead atoms. The van der Waals surface area contributed by atoms with Crippen molar-refractivity contribution in [3.8, 4) is 0 Å². The molecule has 3 rings (SSSR count). The summed E-state index contributed by atoms with van der Waals surface area (Å²) in [5.74, 6) is -0.763. The van der Waals surface area contributed by atoms with Crippen LogP contribution in [0.25, 0.3) is 0 Å². The molecule has 170 valence electrons. The molecule has 1 unspecified atom stereocenters. The molecule has 1 saturated heterocycles. The molecular formula is C25H30FN3O3. The maximum absolute atomic E-state index is 14.5. The van der Waals surface area contributed by atoms with Crippen LogP contribution in [0.5, 0.6) is 0 Å². The Labute approximate surface area is 188 Å². The van der Waals surface area contributed by atoms with Crippen molar-refractivity contribution < 1.29 is 18.8 Å². The van der Waals surface area contributed by atoms with Gasteiger partial charge in [0.05, 0.1) is 5.69 Å². The van der Waals surface area contributed by atoms with Crippen LogP contribution in [0.4, 0.5) is 10.1 Å². The van der Waals surface area contributed by atoms with Crippen molar-refractivity contribution in [2.75, 3.05) is 31.1 Å². The summed E-state index contributed by atoms with van der Waals surface area (Å²) < 4.78 is 14.5. The average Bonchev–Trinajstić information content (AvgIpc) is 2.77. The molecule has 2 aromatic rings. The summed E-state index contributed by atoms with van der Waals surface area (Å²) in [6.07, 6.45) is 0.347. The molecule has 0 aliphatic carbocycles. The van der Waals surface area contributed by atoms with Gasteiger partial charge >= 0.3 is 0 Å². The minimum absolute atomic E-state index is 0.159. The quantitative estimate of drug-likeness (QED) is 0.670. The van der Waals surface area contributed by atoms with Gasteiger partial charge in [-0.3, -0.25) is 14.4 Å². The number of Topliss-reactive ketones (excluding diaryl/α,β-unsaturated/α-hetero) is 1. The molecule has 32 heavy (non-hydrogen) atoms. The van der Waals surface area contributed by atoms with Crippen LogP contribution < -0.4 is 10.2 Å². The van der Waals surface area contributed by atoms with Gasteiger partial charge in [-0.15, -0.1) is 0 Å². The van der Waals surface area contributed by atoms with Crippen LogP contribution in [0, 0.1) is 11.7 Å². The number of piperazine rings is 1. The van der Waals surface area contributed by atoms with Gasteiger partial charge in [-0.1, -0.05) is 44.2 Å². The largest absolute Gasteiger partial charge is 0.366 e. The van der Waals surface area contributed by atoms with Gasteiger partial charge in [-0.25, -0.2) is 4.39 Å². The Kier molecular flexibility index (Phi) is 7.62. The first kappa shape index (κ1) is 23.4. The summed E-state index contributed by atoms with van der Waals surface area (Å²) >= 11 is 0. The highest BCUT2D eigenvalue weighted by Crippen LogP contribution is 2.24. The molecule has 1 atom stereocenters. The van der Waals surface area contributed by atoms with E-state index in [0.717, 1.165) is 5.56 Å². The minimum atomic E-state index is -0.749. The first-order chi connectivity index (χ1) is 15.3. The van der Waals surface area contributed by atoms with Gasteiger partial charge in [-0.05, 0) is 36.6 Å². The monoisotopic (exact) mass is 439 g/mol. The van der Waals surface area contributed by atoms with Crippen LogP contribution in [0.1, 0.15) is 49.2 Å². The van der Waals surface area contributed by atoms with Gasteiger partial charge < -0.3 is 15.1 Å². The summed E-state index contributed by atoms with van der Waals surface area (Å²) in [4.78, 5) is 40.8. The molecule has 1 aliphatic heterocycles. The van der Waals surface area contributed by atoms with Crippen molar-refractivity contribution in [2.45, 2.75) is 33.2 Å². The van der Waals surface area contributed by atoms with E-state index in [1.807, 2.05) is 49.1 Å². The van der Waals surface area contributed by atoms with Gasteiger partial charge in [0.15, 0.2) is 5.78 Å². The van der Waals surface area contributed by atoms with Gasteiger partial charge in [-0.2, -0.15) is 0 Å². The van der Waals surface area contributed by atoms with Gasteiger partial charge in [0.2, 0.25) is 11.8 Å². The molecule has 1 N–H and O–H groups in total. The lowest BCUT2D eigenvalue weighted by molar-refractivity contribution is -0.137. The molecule has 0 spiro atoms. The number of anilines is 1. The highest BCUT2D eigenvalue weighted by molar-refractivity contribution is 5.94. The van der Waals surface area contributed by atoms with E-state index >= 15 is 0 Å². The molecular weight excluding hydrogens is 409 g/mol. The highest BCUT2D eigenvalue weighted by atomic mass is 19.1.